The van der Waals surface area contributed by atoms with Crippen molar-refractivity contribution in [3.8, 4) is 5.75 Å². The molecular weight excluding hydrogens is 382 g/mol. The van der Waals surface area contributed by atoms with Gasteiger partial charge in [-0.05, 0) is 44.0 Å². The van der Waals surface area contributed by atoms with Gasteiger partial charge in [-0.1, -0.05) is 0 Å². The number of likely N-dealkylation sites (N-methyl/N-ethyl adjacent to an activating group) is 1. The van der Waals surface area contributed by atoms with Crippen molar-refractivity contribution in [2.45, 2.75) is 25.8 Å². The van der Waals surface area contributed by atoms with E-state index in [9.17, 15) is 18.0 Å². The Labute approximate surface area is 166 Å². The van der Waals surface area contributed by atoms with Crippen LogP contribution in [0.25, 0.3) is 0 Å². The Morgan fingerprint density at radius 2 is 1.96 bits per heavy atom. The summed E-state index contributed by atoms with van der Waals surface area (Å²) in [6.45, 7) is 3.64. The Kier molecular flexibility index (Phi) is 6.12. The predicted octanol–water partition coefficient (Wildman–Crippen LogP) is 1.36. The highest BCUT2D eigenvalue weighted by molar-refractivity contribution is 7.91. The Balaban J connectivity index is 1.89. The third kappa shape index (κ3) is 4.40. The van der Waals surface area contributed by atoms with E-state index in [1.165, 1.54) is 4.90 Å². The van der Waals surface area contributed by atoms with E-state index in [4.69, 9.17) is 4.74 Å². The van der Waals surface area contributed by atoms with Crippen LogP contribution >= 0.6 is 0 Å². The first kappa shape index (κ1) is 20.4. The van der Waals surface area contributed by atoms with Crippen molar-refractivity contribution >= 4 is 27.5 Å². The van der Waals surface area contributed by atoms with Gasteiger partial charge in [-0.2, -0.15) is 0 Å². The van der Waals surface area contributed by atoms with Gasteiger partial charge in [0.1, 0.15) is 12.3 Å². The van der Waals surface area contributed by atoms with Crippen LogP contribution in [-0.2, 0) is 14.6 Å². The third-order valence-corrected chi connectivity index (χ3v) is 7.07. The zero-order valence-corrected chi connectivity index (χ0v) is 17.2. The van der Waals surface area contributed by atoms with Gasteiger partial charge in [0.15, 0.2) is 9.84 Å². The van der Waals surface area contributed by atoms with E-state index in [-0.39, 0.29) is 30.0 Å². The van der Waals surface area contributed by atoms with E-state index in [1.54, 1.807) is 41.2 Å². The fraction of sp³-hybridized carbons (Fsp3) is 0.579. The number of urea groups is 1. The van der Waals surface area contributed by atoms with E-state index in [2.05, 4.69) is 0 Å². The molecule has 0 saturated carbocycles. The van der Waals surface area contributed by atoms with E-state index in [0.717, 1.165) is 0 Å². The van der Waals surface area contributed by atoms with Gasteiger partial charge < -0.3 is 14.5 Å². The van der Waals surface area contributed by atoms with Crippen LogP contribution in [0.3, 0.4) is 0 Å². The molecule has 0 aromatic heterocycles. The summed E-state index contributed by atoms with van der Waals surface area (Å²) in [5, 5.41) is 0. The summed E-state index contributed by atoms with van der Waals surface area (Å²) in [4.78, 5) is 30.6. The number of amides is 3. The molecule has 1 aromatic rings. The molecule has 2 aliphatic heterocycles. The van der Waals surface area contributed by atoms with Crippen molar-refractivity contribution in [3.05, 3.63) is 24.3 Å². The molecular formula is C19H27N3O5S. The number of methoxy groups -OCH3 is 1. The average molecular weight is 410 g/mol. The first-order valence-electron chi connectivity index (χ1n) is 9.55. The maximum absolute atomic E-state index is 13.4. The fourth-order valence-corrected chi connectivity index (χ4v) is 5.47. The summed E-state index contributed by atoms with van der Waals surface area (Å²) in [5.74, 6) is 0.578. The lowest BCUT2D eigenvalue weighted by molar-refractivity contribution is -0.130. The van der Waals surface area contributed by atoms with Crippen LogP contribution in [0.15, 0.2) is 24.3 Å². The van der Waals surface area contributed by atoms with Crippen molar-refractivity contribution in [1.82, 2.24) is 9.80 Å². The van der Waals surface area contributed by atoms with Crippen LogP contribution in [0.4, 0.5) is 10.5 Å². The van der Waals surface area contributed by atoms with Gasteiger partial charge >= 0.3 is 6.03 Å². The second kappa shape index (κ2) is 8.38. The van der Waals surface area contributed by atoms with Gasteiger partial charge in [-0.3, -0.25) is 9.69 Å². The molecule has 2 aliphatic rings. The largest absolute Gasteiger partial charge is 0.497 e. The van der Waals surface area contributed by atoms with Crippen molar-refractivity contribution in [2.75, 3.05) is 49.7 Å². The molecule has 3 amide bonds. The SMILES string of the molecule is CCN1CCCN(C(=O)N(c2ccc(OC)cc2)C2CCS(=O)(=O)C2)CC1=O. The number of benzene rings is 1. The van der Waals surface area contributed by atoms with Crippen molar-refractivity contribution in [3.63, 3.8) is 0 Å². The number of rotatable bonds is 4. The van der Waals surface area contributed by atoms with Gasteiger partial charge in [0.05, 0.1) is 24.7 Å². The molecule has 1 aromatic carbocycles. The lowest BCUT2D eigenvalue weighted by Crippen LogP contribution is -2.51. The molecule has 0 spiro atoms. The van der Waals surface area contributed by atoms with Crippen LogP contribution in [0, 0.1) is 0 Å². The molecule has 0 N–H and O–H groups in total. The smallest absolute Gasteiger partial charge is 0.325 e. The third-order valence-electron chi connectivity index (χ3n) is 5.32. The molecule has 3 rings (SSSR count). The summed E-state index contributed by atoms with van der Waals surface area (Å²) in [6, 6.07) is 6.22. The highest BCUT2D eigenvalue weighted by atomic mass is 32.2. The minimum absolute atomic E-state index is 0.0127. The van der Waals surface area contributed by atoms with Gasteiger partial charge in [0, 0.05) is 25.3 Å². The Morgan fingerprint density at radius 3 is 2.54 bits per heavy atom. The molecule has 154 valence electrons. The molecule has 0 bridgehead atoms. The van der Waals surface area contributed by atoms with Gasteiger partial charge in [-0.15, -0.1) is 0 Å². The summed E-state index contributed by atoms with van der Waals surface area (Å²) >= 11 is 0. The first-order valence-corrected chi connectivity index (χ1v) is 11.4. The number of nitrogens with zero attached hydrogens (tertiary/aromatic N) is 3. The van der Waals surface area contributed by atoms with E-state index in [1.807, 2.05) is 6.92 Å². The van der Waals surface area contributed by atoms with Crippen LogP contribution in [0.1, 0.15) is 19.8 Å². The van der Waals surface area contributed by atoms with E-state index >= 15 is 0 Å². The quantitative estimate of drug-likeness (QED) is 0.749. The molecule has 2 fully saturated rings. The first-order chi connectivity index (χ1) is 13.3. The number of anilines is 1. The van der Waals surface area contributed by atoms with Crippen LogP contribution in [-0.4, -0.2) is 81.0 Å². The molecule has 9 heteroatoms. The maximum Gasteiger partial charge on any atom is 0.325 e. The Bertz CT molecular complexity index is 824. The fourth-order valence-electron chi connectivity index (χ4n) is 3.77. The van der Waals surface area contributed by atoms with Crippen molar-refractivity contribution in [1.29, 1.82) is 0 Å². The molecule has 1 unspecified atom stereocenters. The summed E-state index contributed by atoms with van der Waals surface area (Å²) in [6.07, 6.45) is 1.09. The minimum atomic E-state index is -3.17. The normalized spacial score (nSPS) is 22.1. The highest BCUT2D eigenvalue weighted by Crippen LogP contribution is 2.28. The number of sulfone groups is 1. The van der Waals surface area contributed by atoms with Gasteiger partial charge in [0.25, 0.3) is 0 Å². The number of hydrogen-bond acceptors (Lipinski definition) is 5. The summed E-state index contributed by atoms with van der Waals surface area (Å²) < 4.78 is 29.2. The number of ether oxygens (including phenoxy) is 1. The van der Waals surface area contributed by atoms with Crippen LogP contribution in [0.5, 0.6) is 5.75 Å². The lowest BCUT2D eigenvalue weighted by atomic mass is 10.2. The molecule has 0 aliphatic carbocycles. The van der Waals surface area contributed by atoms with Gasteiger partial charge in [-0.25, -0.2) is 13.2 Å². The Morgan fingerprint density at radius 1 is 1.25 bits per heavy atom. The van der Waals surface area contributed by atoms with Crippen LogP contribution in [0.2, 0.25) is 0 Å². The second-order valence-corrected chi connectivity index (χ2v) is 9.38. The number of hydrogen-bond donors (Lipinski definition) is 0. The Hall–Kier alpha value is -2.29. The lowest BCUT2D eigenvalue weighted by Gasteiger charge is -2.33. The average Bonchev–Trinajstić information content (AvgIpc) is 2.92. The standard InChI is InChI=1S/C19H27N3O5S/c1-3-20-10-4-11-21(13-18(20)23)19(24)22(16-9-12-28(25,26)14-16)15-5-7-17(27-2)8-6-15/h5-8,16H,3-4,9-14H2,1-2H3. The highest BCUT2D eigenvalue weighted by Gasteiger charge is 2.38. The molecule has 1 atom stereocenters. The zero-order valence-electron chi connectivity index (χ0n) is 16.3. The monoisotopic (exact) mass is 409 g/mol. The summed E-state index contributed by atoms with van der Waals surface area (Å²) in [5.41, 5.74) is 0.608. The van der Waals surface area contributed by atoms with Crippen molar-refractivity contribution < 1.29 is 22.7 Å². The molecule has 0 radical (unpaired) electrons. The van der Waals surface area contributed by atoms with E-state index in [0.29, 0.717) is 43.9 Å². The minimum Gasteiger partial charge on any atom is -0.497 e. The maximum atomic E-state index is 13.4. The second-order valence-electron chi connectivity index (χ2n) is 7.16. The molecule has 2 heterocycles. The predicted molar refractivity (Wildman–Crippen MR) is 106 cm³/mol. The molecule has 2 saturated heterocycles. The number of carbonyl (C=O) groups is 2. The number of carbonyl (C=O) groups excluding carboxylic acids is 2. The molecule has 8 nitrogen and oxygen atoms in total. The van der Waals surface area contributed by atoms with Gasteiger partial charge in [0.2, 0.25) is 5.91 Å². The molecule has 28 heavy (non-hydrogen) atoms. The van der Waals surface area contributed by atoms with Crippen LogP contribution < -0.4 is 9.64 Å². The van der Waals surface area contributed by atoms with E-state index < -0.39 is 15.9 Å². The summed E-state index contributed by atoms with van der Waals surface area (Å²) in [7, 11) is -1.61. The zero-order chi connectivity index (χ0) is 20.3. The van der Waals surface area contributed by atoms with Crippen molar-refractivity contribution in [2.24, 2.45) is 0 Å². The topological polar surface area (TPSA) is 87.2 Å².